The average Bonchev–Trinajstić information content (AvgIpc) is 2.92. The molecule has 0 saturated carbocycles. The maximum absolute atomic E-state index is 12.3. The minimum atomic E-state index is -3.35. The molecule has 0 amide bonds. The first-order valence-corrected chi connectivity index (χ1v) is 8.66. The summed E-state index contributed by atoms with van der Waals surface area (Å²) in [4.78, 5) is 0. The van der Waals surface area contributed by atoms with E-state index in [0.717, 1.165) is 5.56 Å². The van der Waals surface area contributed by atoms with Gasteiger partial charge in [-0.1, -0.05) is 12.1 Å². The molecule has 0 fully saturated rings. The highest BCUT2D eigenvalue weighted by Gasteiger charge is 2.19. The smallest absolute Gasteiger partial charge is 0.192 e. The zero-order valence-electron chi connectivity index (χ0n) is 11.4. The minimum Gasteiger partial charge on any atom is -0.496 e. The zero-order chi connectivity index (χ0) is 14.8. The fraction of sp³-hybridized carbons (Fsp3) is 0.286. The van der Waals surface area contributed by atoms with Crippen LogP contribution < -0.4 is 10.5 Å². The lowest BCUT2D eigenvalue weighted by molar-refractivity contribution is 0.410. The molecule has 0 bridgehead atoms. The molecule has 0 aliphatic carbocycles. The highest BCUT2D eigenvalue weighted by atomic mass is 32.2. The lowest BCUT2D eigenvalue weighted by atomic mass is 10.1. The highest BCUT2D eigenvalue weighted by Crippen LogP contribution is 2.28. The Bertz CT molecular complexity index is 676. The third kappa shape index (κ3) is 3.20. The summed E-state index contributed by atoms with van der Waals surface area (Å²) in [5.41, 5.74) is 7.37. The van der Waals surface area contributed by atoms with E-state index in [4.69, 9.17) is 10.5 Å². The van der Waals surface area contributed by atoms with Gasteiger partial charge in [-0.05, 0) is 36.1 Å². The van der Waals surface area contributed by atoms with Gasteiger partial charge in [0, 0.05) is 11.6 Å². The maximum atomic E-state index is 12.3. The van der Waals surface area contributed by atoms with E-state index in [1.165, 1.54) is 18.4 Å². The van der Waals surface area contributed by atoms with Crippen LogP contribution in [0.4, 0.5) is 0 Å². The van der Waals surface area contributed by atoms with Crippen LogP contribution in [0.15, 0.2) is 39.9 Å². The maximum Gasteiger partial charge on any atom is 0.192 e. The summed E-state index contributed by atoms with van der Waals surface area (Å²) in [6.07, 6.45) is 0. The number of thiophene rings is 1. The molecule has 0 spiro atoms. The van der Waals surface area contributed by atoms with Crippen LogP contribution in [-0.4, -0.2) is 15.5 Å². The molecule has 1 aromatic heterocycles. The highest BCUT2D eigenvalue weighted by molar-refractivity contribution is 7.92. The Balaban J connectivity index is 2.39. The normalized spacial score (nSPS) is 13.2. The first kappa shape index (κ1) is 15.0. The van der Waals surface area contributed by atoms with Crippen molar-refractivity contribution < 1.29 is 13.2 Å². The number of hydrogen-bond acceptors (Lipinski definition) is 5. The van der Waals surface area contributed by atoms with Gasteiger partial charge >= 0.3 is 0 Å². The van der Waals surface area contributed by atoms with Crippen LogP contribution in [0.1, 0.15) is 24.1 Å². The van der Waals surface area contributed by atoms with Crippen LogP contribution in [0, 0.1) is 0 Å². The van der Waals surface area contributed by atoms with E-state index in [9.17, 15) is 8.42 Å². The summed E-state index contributed by atoms with van der Waals surface area (Å²) in [5, 5.41) is 1.75. The van der Waals surface area contributed by atoms with Gasteiger partial charge in [0.2, 0.25) is 0 Å². The van der Waals surface area contributed by atoms with Crippen molar-refractivity contribution in [2.75, 3.05) is 7.11 Å². The van der Waals surface area contributed by atoms with Gasteiger partial charge in [-0.15, -0.1) is 11.3 Å². The third-order valence-corrected chi connectivity index (χ3v) is 6.13. The number of methoxy groups -OCH3 is 1. The monoisotopic (exact) mass is 311 g/mol. The van der Waals surface area contributed by atoms with Gasteiger partial charge < -0.3 is 10.5 Å². The van der Waals surface area contributed by atoms with Crippen molar-refractivity contribution in [2.24, 2.45) is 5.73 Å². The lowest BCUT2D eigenvalue weighted by Gasteiger charge is -2.12. The molecule has 4 nitrogen and oxygen atoms in total. The van der Waals surface area contributed by atoms with Gasteiger partial charge in [-0.3, -0.25) is 0 Å². The summed E-state index contributed by atoms with van der Waals surface area (Å²) in [7, 11) is -1.82. The van der Waals surface area contributed by atoms with Crippen molar-refractivity contribution in [3.63, 3.8) is 0 Å². The molecule has 0 aliphatic heterocycles. The van der Waals surface area contributed by atoms with Gasteiger partial charge in [-0.25, -0.2) is 8.42 Å². The molecule has 1 unspecified atom stereocenters. The predicted molar refractivity (Wildman–Crippen MR) is 80.8 cm³/mol. The van der Waals surface area contributed by atoms with Crippen molar-refractivity contribution in [3.8, 4) is 5.75 Å². The molecule has 2 rings (SSSR count). The summed E-state index contributed by atoms with van der Waals surface area (Å²) < 4.78 is 30.3. The summed E-state index contributed by atoms with van der Waals surface area (Å²) in [5.74, 6) is 0.478. The number of sulfone groups is 1. The predicted octanol–water partition coefficient (Wildman–Crippen LogP) is 2.75. The Morgan fingerprint density at radius 3 is 2.65 bits per heavy atom. The number of rotatable bonds is 5. The van der Waals surface area contributed by atoms with Gasteiger partial charge in [0.1, 0.15) is 9.96 Å². The van der Waals surface area contributed by atoms with E-state index in [0.29, 0.717) is 15.5 Å². The Morgan fingerprint density at radius 1 is 1.35 bits per heavy atom. The molecule has 0 saturated heterocycles. The molecule has 1 atom stereocenters. The first-order chi connectivity index (χ1) is 9.44. The molecular formula is C14H17NO3S2. The summed E-state index contributed by atoms with van der Waals surface area (Å²) >= 11 is 1.22. The minimum absolute atomic E-state index is 0.0861. The van der Waals surface area contributed by atoms with Crippen molar-refractivity contribution >= 4 is 21.2 Å². The zero-order valence-corrected chi connectivity index (χ0v) is 13.0. The molecule has 1 aromatic carbocycles. The van der Waals surface area contributed by atoms with Crippen LogP contribution >= 0.6 is 11.3 Å². The van der Waals surface area contributed by atoms with E-state index in [-0.39, 0.29) is 11.8 Å². The summed E-state index contributed by atoms with van der Waals surface area (Å²) in [6, 6.07) is 8.61. The Labute approximate surface area is 123 Å². The van der Waals surface area contributed by atoms with Gasteiger partial charge in [0.15, 0.2) is 9.84 Å². The molecular weight excluding hydrogens is 294 g/mol. The SMILES string of the molecule is COc1ccc(C(C)N)cc1CS(=O)(=O)c1cccs1. The number of benzene rings is 1. The molecule has 108 valence electrons. The number of hydrogen-bond donors (Lipinski definition) is 1. The molecule has 20 heavy (non-hydrogen) atoms. The van der Waals surface area contributed by atoms with Crippen LogP contribution in [0.3, 0.4) is 0 Å². The average molecular weight is 311 g/mol. The molecule has 0 radical (unpaired) electrons. The quantitative estimate of drug-likeness (QED) is 0.922. The Hall–Kier alpha value is -1.37. The lowest BCUT2D eigenvalue weighted by Crippen LogP contribution is -2.08. The van der Waals surface area contributed by atoms with Crippen LogP contribution in [0.25, 0.3) is 0 Å². The largest absolute Gasteiger partial charge is 0.496 e. The summed E-state index contributed by atoms with van der Waals surface area (Å²) in [6.45, 7) is 1.86. The van der Waals surface area contributed by atoms with Crippen molar-refractivity contribution in [1.82, 2.24) is 0 Å². The van der Waals surface area contributed by atoms with Crippen molar-refractivity contribution in [1.29, 1.82) is 0 Å². The van der Waals surface area contributed by atoms with Gasteiger partial charge in [0.05, 0.1) is 12.9 Å². The number of nitrogens with two attached hydrogens (primary N) is 1. The van der Waals surface area contributed by atoms with E-state index in [2.05, 4.69) is 0 Å². The molecule has 0 aliphatic rings. The fourth-order valence-electron chi connectivity index (χ4n) is 1.91. The number of ether oxygens (including phenoxy) is 1. The Morgan fingerprint density at radius 2 is 2.10 bits per heavy atom. The second-order valence-corrected chi connectivity index (χ2v) is 7.72. The fourth-order valence-corrected chi connectivity index (χ4v) is 4.35. The van der Waals surface area contributed by atoms with Crippen molar-refractivity contribution in [2.45, 2.75) is 22.9 Å². The second kappa shape index (κ2) is 5.95. The van der Waals surface area contributed by atoms with E-state index < -0.39 is 9.84 Å². The molecule has 1 heterocycles. The standard InChI is InChI=1S/C14H17NO3S2/c1-10(15)11-5-6-13(18-2)12(8-11)9-20(16,17)14-4-3-7-19-14/h3-8,10H,9,15H2,1-2H3. The van der Waals surface area contributed by atoms with Gasteiger partial charge in [-0.2, -0.15) is 0 Å². The molecule has 2 aromatic rings. The van der Waals surface area contributed by atoms with Crippen LogP contribution in [0.5, 0.6) is 5.75 Å². The topological polar surface area (TPSA) is 69.4 Å². The third-order valence-electron chi connectivity index (χ3n) is 2.98. The molecule has 6 heteroatoms. The Kier molecular flexibility index (Phi) is 4.47. The van der Waals surface area contributed by atoms with Crippen LogP contribution in [-0.2, 0) is 15.6 Å². The van der Waals surface area contributed by atoms with E-state index >= 15 is 0 Å². The first-order valence-electron chi connectivity index (χ1n) is 6.12. The second-order valence-electron chi connectivity index (χ2n) is 4.55. The van der Waals surface area contributed by atoms with Crippen molar-refractivity contribution in [3.05, 3.63) is 46.8 Å². The van der Waals surface area contributed by atoms with E-state index in [1.807, 2.05) is 13.0 Å². The van der Waals surface area contributed by atoms with E-state index in [1.54, 1.807) is 29.6 Å². The van der Waals surface area contributed by atoms with Crippen LogP contribution in [0.2, 0.25) is 0 Å². The molecule has 2 N–H and O–H groups in total. The van der Waals surface area contributed by atoms with Gasteiger partial charge in [0.25, 0.3) is 0 Å².